The fraction of sp³-hybridized carbons (Fsp3) is 0.238. The Bertz CT molecular complexity index is 1050. The second-order valence-corrected chi connectivity index (χ2v) is 6.61. The quantitative estimate of drug-likeness (QED) is 0.693. The summed E-state index contributed by atoms with van der Waals surface area (Å²) < 4.78 is 10.8. The zero-order valence-electron chi connectivity index (χ0n) is 15.9. The van der Waals surface area contributed by atoms with Crippen LogP contribution in [-0.2, 0) is 11.3 Å². The fourth-order valence-electron chi connectivity index (χ4n) is 3.19. The highest BCUT2D eigenvalue weighted by Crippen LogP contribution is 2.23. The van der Waals surface area contributed by atoms with E-state index >= 15 is 0 Å². The van der Waals surface area contributed by atoms with Crippen LogP contribution < -0.4 is 15.0 Å². The Hall–Kier alpha value is -3.68. The van der Waals surface area contributed by atoms with E-state index in [0.29, 0.717) is 36.1 Å². The molecule has 1 aromatic heterocycles. The number of benzene rings is 2. The third kappa shape index (κ3) is 4.11. The van der Waals surface area contributed by atoms with Crippen LogP contribution >= 0.6 is 0 Å². The van der Waals surface area contributed by atoms with Crippen LogP contribution in [0.3, 0.4) is 0 Å². The molecule has 4 rings (SSSR count). The van der Waals surface area contributed by atoms with Crippen LogP contribution in [0.25, 0.3) is 11.5 Å². The summed E-state index contributed by atoms with van der Waals surface area (Å²) in [5, 5.41) is 10.8. The summed E-state index contributed by atoms with van der Waals surface area (Å²) in [6.07, 6.45) is 1.38. The molecular weight excluding hydrogens is 372 g/mol. The predicted molar refractivity (Wildman–Crippen MR) is 105 cm³/mol. The molecule has 29 heavy (non-hydrogen) atoms. The van der Waals surface area contributed by atoms with Crippen molar-refractivity contribution in [3.05, 3.63) is 60.0 Å². The molecule has 148 valence electrons. The van der Waals surface area contributed by atoms with E-state index < -0.39 is 0 Å². The van der Waals surface area contributed by atoms with Gasteiger partial charge in [-0.3, -0.25) is 9.59 Å². The molecule has 0 atom stereocenters. The van der Waals surface area contributed by atoms with Crippen molar-refractivity contribution in [2.75, 3.05) is 18.6 Å². The summed E-state index contributed by atoms with van der Waals surface area (Å²) >= 11 is 0. The minimum atomic E-state index is -0.278. The van der Waals surface area contributed by atoms with E-state index in [1.165, 1.54) is 0 Å². The third-order valence-corrected chi connectivity index (χ3v) is 4.68. The van der Waals surface area contributed by atoms with E-state index in [1.54, 1.807) is 36.3 Å². The molecule has 0 aliphatic carbocycles. The number of nitrogens with zero attached hydrogens (tertiary/aromatic N) is 3. The Morgan fingerprint density at radius 1 is 1.21 bits per heavy atom. The molecule has 0 radical (unpaired) electrons. The Morgan fingerprint density at radius 3 is 2.86 bits per heavy atom. The lowest BCUT2D eigenvalue weighted by Gasteiger charge is -2.16. The van der Waals surface area contributed by atoms with Crippen LogP contribution in [0.4, 0.5) is 5.69 Å². The summed E-state index contributed by atoms with van der Waals surface area (Å²) in [7, 11) is 1.59. The molecule has 0 unspecified atom stereocenters. The van der Waals surface area contributed by atoms with Gasteiger partial charge in [0.15, 0.2) is 0 Å². The maximum atomic E-state index is 12.5. The van der Waals surface area contributed by atoms with Gasteiger partial charge in [0.1, 0.15) is 5.75 Å². The van der Waals surface area contributed by atoms with Gasteiger partial charge in [0.2, 0.25) is 17.7 Å². The molecule has 1 fully saturated rings. The lowest BCUT2D eigenvalue weighted by atomic mass is 10.1. The zero-order valence-corrected chi connectivity index (χ0v) is 15.9. The number of nitrogens with one attached hydrogen (secondary N) is 1. The van der Waals surface area contributed by atoms with E-state index in [1.807, 2.05) is 24.3 Å². The number of ether oxygens (including phenoxy) is 1. The summed E-state index contributed by atoms with van der Waals surface area (Å²) in [5.74, 6) is 1.13. The number of amides is 2. The summed E-state index contributed by atoms with van der Waals surface area (Å²) in [6.45, 7) is 0.779. The second kappa shape index (κ2) is 8.14. The van der Waals surface area contributed by atoms with E-state index in [-0.39, 0.29) is 18.4 Å². The summed E-state index contributed by atoms with van der Waals surface area (Å²) in [6, 6.07) is 14.3. The molecule has 8 nitrogen and oxygen atoms in total. The van der Waals surface area contributed by atoms with Crippen molar-refractivity contribution in [2.24, 2.45) is 0 Å². The first-order chi connectivity index (χ1) is 14.1. The van der Waals surface area contributed by atoms with Crippen LogP contribution in [0.1, 0.15) is 29.1 Å². The van der Waals surface area contributed by atoms with Gasteiger partial charge < -0.3 is 19.4 Å². The zero-order chi connectivity index (χ0) is 20.2. The number of anilines is 1. The Labute approximate surface area is 167 Å². The highest BCUT2D eigenvalue weighted by atomic mass is 16.5. The van der Waals surface area contributed by atoms with E-state index in [4.69, 9.17) is 9.15 Å². The van der Waals surface area contributed by atoms with Crippen LogP contribution in [0, 0.1) is 0 Å². The molecule has 2 amide bonds. The van der Waals surface area contributed by atoms with Gasteiger partial charge in [-0.25, -0.2) is 0 Å². The van der Waals surface area contributed by atoms with Crippen molar-refractivity contribution >= 4 is 17.5 Å². The van der Waals surface area contributed by atoms with Crippen LogP contribution in [-0.4, -0.2) is 35.7 Å². The molecule has 1 aliphatic rings. The van der Waals surface area contributed by atoms with Gasteiger partial charge in [0.05, 0.1) is 13.7 Å². The van der Waals surface area contributed by atoms with Gasteiger partial charge in [-0.2, -0.15) is 0 Å². The van der Waals surface area contributed by atoms with E-state index in [2.05, 4.69) is 15.5 Å². The molecule has 1 saturated heterocycles. The summed E-state index contributed by atoms with van der Waals surface area (Å²) in [5.41, 5.74) is 1.94. The van der Waals surface area contributed by atoms with Gasteiger partial charge in [0, 0.05) is 29.8 Å². The Morgan fingerprint density at radius 2 is 2.07 bits per heavy atom. The topological polar surface area (TPSA) is 97.6 Å². The van der Waals surface area contributed by atoms with Crippen molar-refractivity contribution in [1.82, 2.24) is 15.5 Å². The van der Waals surface area contributed by atoms with Gasteiger partial charge in [-0.1, -0.05) is 12.1 Å². The van der Waals surface area contributed by atoms with Gasteiger partial charge in [-0.05, 0) is 42.8 Å². The van der Waals surface area contributed by atoms with E-state index in [0.717, 1.165) is 17.7 Å². The number of hydrogen-bond acceptors (Lipinski definition) is 6. The molecule has 2 heterocycles. The van der Waals surface area contributed by atoms with Crippen molar-refractivity contribution in [1.29, 1.82) is 0 Å². The molecular formula is C21H20N4O4. The maximum Gasteiger partial charge on any atom is 0.251 e. The smallest absolute Gasteiger partial charge is 0.251 e. The Balaban J connectivity index is 1.41. The van der Waals surface area contributed by atoms with Crippen molar-refractivity contribution < 1.29 is 18.7 Å². The van der Waals surface area contributed by atoms with E-state index in [9.17, 15) is 9.59 Å². The highest BCUT2D eigenvalue weighted by Gasteiger charge is 2.22. The summed E-state index contributed by atoms with van der Waals surface area (Å²) in [4.78, 5) is 26.1. The molecule has 2 aromatic carbocycles. The minimum absolute atomic E-state index is 0.0819. The number of carbonyl (C=O) groups excluding carboxylic acids is 2. The van der Waals surface area contributed by atoms with Gasteiger partial charge in [-0.15, -0.1) is 10.2 Å². The monoisotopic (exact) mass is 392 g/mol. The third-order valence-electron chi connectivity index (χ3n) is 4.68. The Kier molecular flexibility index (Phi) is 5.24. The largest absolute Gasteiger partial charge is 0.497 e. The predicted octanol–water partition coefficient (Wildman–Crippen LogP) is 2.80. The molecule has 0 saturated carbocycles. The lowest BCUT2D eigenvalue weighted by molar-refractivity contribution is -0.117. The van der Waals surface area contributed by atoms with Crippen LogP contribution in [0.2, 0.25) is 0 Å². The lowest BCUT2D eigenvalue weighted by Crippen LogP contribution is -2.25. The number of methoxy groups -OCH3 is 1. The van der Waals surface area contributed by atoms with Crippen molar-refractivity contribution in [2.45, 2.75) is 19.4 Å². The molecule has 0 spiro atoms. The maximum absolute atomic E-state index is 12.5. The second-order valence-electron chi connectivity index (χ2n) is 6.61. The average Bonchev–Trinajstić information content (AvgIpc) is 3.41. The first kappa shape index (κ1) is 18.7. The molecule has 3 aromatic rings. The molecule has 0 bridgehead atoms. The SMILES string of the molecule is COc1cccc(-c2nnc(CNC(=O)c3cccc(N4CCCC4=O)c3)o2)c1. The van der Waals surface area contributed by atoms with Crippen molar-refractivity contribution in [3.63, 3.8) is 0 Å². The molecule has 1 N–H and O–H groups in total. The standard InChI is InChI=1S/C21H20N4O4/c1-28-17-8-3-6-15(12-17)21-24-23-18(29-21)13-22-20(27)14-5-2-7-16(11-14)25-10-4-9-19(25)26/h2-3,5-8,11-12H,4,9-10,13H2,1H3,(H,22,27). The molecule has 8 heteroatoms. The normalized spacial score (nSPS) is 13.6. The number of hydrogen-bond donors (Lipinski definition) is 1. The van der Waals surface area contributed by atoms with Gasteiger partial charge in [0.25, 0.3) is 5.91 Å². The minimum Gasteiger partial charge on any atom is -0.497 e. The first-order valence-electron chi connectivity index (χ1n) is 9.29. The number of carbonyl (C=O) groups is 2. The van der Waals surface area contributed by atoms with Crippen LogP contribution in [0.15, 0.2) is 52.9 Å². The first-order valence-corrected chi connectivity index (χ1v) is 9.29. The average molecular weight is 392 g/mol. The fourth-order valence-corrected chi connectivity index (χ4v) is 3.19. The van der Waals surface area contributed by atoms with Crippen LogP contribution in [0.5, 0.6) is 5.75 Å². The highest BCUT2D eigenvalue weighted by molar-refractivity contribution is 5.99. The van der Waals surface area contributed by atoms with Crippen molar-refractivity contribution in [3.8, 4) is 17.2 Å². The molecule has 1 aliphatic heterocycles. The number of aromatic nitrogens is 2. The number of rotatable bonds is 6. The van der Waals surface area contributed by atoms with Gasteiger partial charge >= 0.3 is 0 Å².